The lowest BCUT2D eigenvalue weighted by molar-refractivity contribution is 1.42. The monoisotopic (exact) mass is 363 g/mol. The predicted molar refractivity (Wildman–Crippen MR) is 86.8 cm³/mol. The summed E-state index contributed by atoms with van der Waals surface area (Å²) in [6, 6.07) is 13.1. The zero-order chi connectivity index (χ0) is 14.1. The average molecular weight is 365 g/mol. The SMILES string of the molecule is N#Cc1ccc(Nc2nc3cccc(Cl)c3s2)c(Br)c1. The molecule has 0 radical (unpaired) electrons. The highest BCUT2D eigenvalue weighted by atomic mass is 79.9. The molecule has 3 aromatic rings. The van der Waals surface area contributed by atoms with E-state index in [-0.39, 0.29) is 0 Å². The maximum absolute atomic E-state index is 8.85. The van der Waals surface area contributed by atoms with Gasteiger partial charge in [-0.15, -0.1) is 0 Å². The van der Waals surface area contributed by atoms with Crippen molar-refractivity contribution in [3.05, 3.63) is 51.5 Å². The highest BCUT2D eigenvalue weighted by Crippen LogP contribution is 2.34. The Kier molecular flexibility index (Phi) is 3.62. The van der Waals surface area contributed by atoms with Gasteiger partial charge in [-0.2, -0.15) is 5.26 Å². The third kappa shape index (κ3) is 2.50. The first-order valence-corrected chi connectivity index (χ1v) is 7.68. The molecule has 98 valence electrons. The largest absolute Gasteiger partial charge is 0.331 e. The number of benzene rings is 2. The van der Waals surface area contributed by atoms with Gasteiger partial charge in [0.25, 0.3) is 0 Å². The van der Waals surface area contributed by atoms with Crippen molar-refractivity contribution in [2.75, 3.05) is 5.32 Å². The standard InChI is InChI=1S/C14H7BrClN3S/c15-9-6-8(7-17)4-5-11(9)18-14-19-12-3-1-2-10(16)13(12)20-14/h1-6H,(H,18,19). The number of rotatable bonds is 2. The Morgan fingerprint density at radius 2 is 2.15 bits per heavy atom. The smallest absolute Gasteiger partial charge is 0.188 e. The number of aromatic nitrogens is 1. The molecule has 1 aromatic heterocycles. The zero-order valence-electron chi connectivity index (χ0n) is 10.0. The second-order valence-corrected chi connectivity index (χ2v) is 6.30. The van der Waals surface area contributed by atoms with Crippen molar-refractivity contribution in [1.82, 2.24) is 4.98 Å². The van der Waals surface area contributed by atoms with Crippen LogP contribution in [-0.4, -0.2) is 4.98 Å². The van der Waals surface area contributed by atoms with Crippen LogP contribution in [0.25, 0.3) is 10.2 Å². The van der Waals surface area contributed by atoms with E-state index in [0.717, 1.165) is 25.5 Å². The minimum Gasteiger partial charge on any atom is -0.331 e. The van der Waals surface area contributed by atoms with E-state index in [4.69, 9.17) is 16.9 Å². The van der Waals surface area contributed by atoms with Gasteiger partial charge in [0.2, 0.25) is 0 Å². The van der Waals surface area contributed by atoms with E-state index < -0.39 is 0 Å². The number of anilines is 2. The Labute approximate surface area is 133 Å². The molecular weight excluding hydrogens is 358 g/mol. The van der Waals surface area contributed by atoms with Crippen molar-refractivity contribution in [2.24, 2.45) is 0 Å². The molecule has 0 saturated heterocycles. The third-order valence-electron chi connectivity index (χ3n) is 2.71. The summed E-state index contributed by atoms with van der Waals surface area (Å²) in [4.78, 5) is 4.49. The lowest BCUT2D eigenvalue weighted by Gasteiger charge is -2.05. The highest BCUT2D eigenvalue weighted by Gasteiger charge is 2.08. The van der Waals surface area contributed by atoms with E-state index in [1.807, 2.05) is 24.3 Å². The van der Waals surface area contributed by atoms with E-state index in [9.17, 15) is 0 Å². The van der Waals surface area contributed by atoms with Gasteiger partial charge < -0.3 is 5.32 Å². The fourth-order valence-corrected chi connectivity index (χ4v) is 3.42. The first kappa shape index (κ1) is 13.4. The second-order valence-electron chi connectivity index (χ2n) is 4.04. The summed E-state index contributed by atoms with van der Waals surface area (Å²) in [5.41, 5.74) is 2.34. The fraction of sp³-hybridized carbons (Fsp3) is 0. The summed E-state index contributed by atoms with van der Waals surface area (Å²) in [7, 11) is 0. The third-order valence-corrected chi connectivity index (χ3v) is 4.81. The minimum atomic E-state index is 0.606. The van der Waals surface area contributed by atoms with Crippen molar-refractivity contribution in [1.29, 1.82) is 5.26 Å². The van der Waals surface area contributed by atoms with Crippen molar-refractivity contribution in [3.8, 4) is 6.07 Å². The molecule has 0 spiro atoms. The van der Waals surface area contributed by atoms with Crippen molar-refractivity contribution >= 4 is 59.9 Å². The summed E-state index contributed by atoms with van der Waals surface area (Å²) in [6.45, 7) is 0. The first-order valence-electron chi connectivity index (χ1n) is 5.69. The van der Waals surface area contributed by atoms with Crippen LogP contribution < -0.4 is 5.32 Å². The van der Waals surface area contributed by atoms with Gasteiger partial charge in [-0.25, -0.2) is 4.98 Å². The Morgan fingerprint density at radius 1 is 1.30 bits per heavy atom. The lowest BCUT2D eigenvalue weighted by atomic mass is 10.2. The Balaban J connectivity index is 1.97. The maximum Gasteiger partial charge on any atom is 0.188 e. The van der Waals surface area contributed by atoms with Gasteiger partial charge >= 0.3 is 0 Å². The topological polar surface area (TPSA) is 48.7 Å². The Morgan fingerprint density at radius 3 is 2.85 bits per heavy atom. The van der Waals surface area contributed by atoms with Crippen molar-refractivity contribution < 1.29 is 0 Å². The number of nitrogens with one attached hydrogen (secondary N) is 1. The van der Waals surface area contributed by atoms with Gasteiger partial charge in [0.15, 0.2) is 5.13 Å². The molecule has 3 rings (SSSR count). The molecular formula is C14H7BrClN3S. The summed E-state index contributed by atoms with van der Waals surface area (Å²) >= 11 is 11.1. The predicted octanol–water partition coefficient (Wildman–Crippen LogP) is 5.33. The fourth-order valence-electron chi connectivity index (χ4n) is 1.77. The molecule has 0 atom stereocenters. The number of fused-ring (bicyclic) bond motifs is 1. The molecule has 0 saturated carbocycles. The molecule has 0 aliphatic heterocycles. The van der Waals surface area contributed by atoms with Gasteiger partial charge in [0, 0.05) is 4.47 Å². The van der Waals surface area contributed by atoms with Crippen LogP contribution >= 0.6 is 38.9 Å². The number of nitrogens with zero attached hydrogens (tertiary/aromatic N) is 2. The quantitative estimate of drug-likeness (QED) is 0.669. The molecule has 2 aromatic carbocycles. The summed E-state index contributed by atoms with van der Waals surface area (Å²) < 4.78 is 1.78. The van der Waals surface area contributed by atoms with Crippen LogP contribution in [0.1, 0.15) is 5.56 Å². The summed E-state index contributed by atoms with van der Waals surface area (Å²) in [5, 5.41) is 13.5. The Hall–Kier alpha value is -1.61. The Bertz CT molecular complexity index is 838. The van der Waals surface area contributed by atoms with E-state index in [2.05, 4.69) is 32.3 Å². The maximum atomic E-state index is 8.85. The molecule has 0 fully saturated rings. The zero-order valence-corrected chi connectivity index (χ0v) is 13.2. The summed E-state index contributed by atoms with van der Waals surface area (Å²) in [5.74, 6) is 0. The molecule has 20 heavy (non-hydrogen) atoms. The molecule has 1 heterocycles. The van der Waals surface area contributed by atoms with Crippen LogP contribution in [0, 0.1) is 11.3 Å². The van der Waals surface area contributed by atoms with Crippen LogP contribution in [0.15, 0.2) is 40.9 Å². The van der Waals surface area contributed by atoms with E-state index in [1.54, 1.807) is 12.1 Å². The number of thiazole rings is 1. The van der Waals surface area contributed by atoms with E-state index >= 15 is 0 Å². The summed E-state index contributed by atoms with van der Waals surface area (Å²) in [6.07, 6.45) is 0. The molecule has 3 nitrogen and oxygen atoms in total. The molecule has 0 amide bonds. The number of hydrogen-bond donors (Lipinski definition) is 1. The highest BCUT2D eigenvalue weighted by molar-refractivity contribution is 9.10. The molecule has 0 aliphatic carbocycles. The second kappa shape index (κ2) is 5.41. The van der Waals surface area contributed by atoms with Crippen LogP contribution in [0.2, 0.25) is 5.02 Å². The number of hydrogen-bond acceptors (Lipinski definition) is 4. The normalized spacial score (nSPS) is 10.4. The van der Waals surface area contributed by atoms with Crippen LogP contribution in [0.3, 0.4) is 0 Å². The van der Waals surface area contributed by atoms with Gasteiger partial charge in [-0.1, -0.05) is 29.0 Å². The van der Waals surface area contributed by atoms with Gasteiger partial charge in [0.05, 0.1) is 32.6 Å². The average Bonchev–Trinajstić information content (AvgIpc) is 2.85. The van der Waals surface area contributed by atoms with Gasteiger partial charge in [0.1, 0.15) is 0 Å². The van der Waals surface area contributed by atoms with Crippen LogP contribution in [0.4, 0.5) is 10.8 Å². The number of halogens is 2. The van der Waals surface area contributed by atoms with E-state index in [0.29, 0.717) is 10.6 Å². The first-order chi connectivity index (χ1) is 9.67. The molecule has 0 aliphatic rings. The lowest BCUT2D eigenvalue weighted by Crippen LogP contribution is -1.90. The van der Waals surface area contributed by atoms with E-state index in [1.165, 1.54) is 11.3 Å². The molecule has 6 heteroatoms. The molecule has 0 unspecified atom stereocenters. The van der Waals surface area contributed by atoms with Gasteiger partial charge in [-0.3, -0.25) is 0 Å². The molecule has 0 bridgehead atoms. The van der Waals surface area contributed by atoms with Gasteiger partial charge in [-0.05, 0) is 46.3 Å². The number of nitriles is 1. The van der Waals surface area contributed by atoms with Crippen molar-refractivity contribution in [3.63, 3.8) is 0 Å². The minimum absolute atomic E-state index is 0.606. The van der Waals surface area contributed by atoms with Crippen molar-refractivity contribution in [2.45, 2.75) is 0 Å². The van der Waals surface area contributed by atoms with Crippen LogP contribution in [-0.2, 0) is 0 Å². The van der Waals surface area contributed by atoms with Crippen LogP contribution in [0.5, 0.6) is 0 Å². The molecule has 1 N–H and O–H groups in total.